The molecule has 0 radical (unpaired) electrons. The molecule has 3 rings (SSSR count). The number of para-hydroxylation sites is 1. The highest BCUT2D eigenvalue weighted by Gasteiger charge is 2.30. The molecule has 0 aliphatic heterocycles. The van der Waals surface area contributed by atoms with Gasteiger partial charge in [-0.05, 0) is 37.8 Å². The predicted molar refractivity (Wildman–Crippen MR) is 67.9 cm³/mol. The van der Waals surface area contributed by atoms with Crippen LogP contribution in [-0.4, -0.2) is 22.7 Å². The van der Waals surface area contributed by atoms with Gasteiger partial charge in [0.1, 0.15) is 11.3 Å². The van der Waals surface area contributed by atoms with Gasteiger partial charge >= 0.3 is 0 Å². The summed E-state index contributed by atoms with van der Waals surface area (Å²) >= 11 is 0. The van der Waals surface area contributed by atoms with Crippen LogP contribution in [0.1, 0.15) is 25.6 Å². The summed E-state index contributed by atoms with van der Waals surface area (Å²) in [7, 11) is 0. The molecular weight excluding hydrogens is 231 g/mol. The van der Waals surface area contributed by atoms with Crippen molar-refractivity contribution in [1.82, 2.24) is 9.97 Å². The van der Waals surface area contributed by atoms with Gasteiger partial charge in [-0.1, -0.05) is 6.07 Å². The van der Waals surface area contributed by atoms with Crippen LogP contribution in [0.2, 0.25) is 0 Å². The molecule has 1 heterocycles. The number of H-pyrrole nitrogens is 1. The normalized spacial score (nSPS) is 23.2. The quantitative estimate of drug-likeness (QED) is 0.903. The average Bonchev–Trinajstić information content (AvgIpc) is 2.71. The zero-order chi connectivity index (χ0) is 12.5. The minimum Gasteiger partial charge on any atom is -0.378 e. The molecule has 0 amide bonds. The van der Waals surface area contributed by atoms with Crippen molar-refractivity contribution in [1.29, 1.82) is 0 Å². The molecule has 2 aromatic rings. The van der Waals surface area contributed by atoms with Gasteiger partial charge in [0, 0.05) is 13.0 Å². The second-order valence-electron chi connectivity index (χ2n) is 4.94. The van der Waals surface area contributed by atoms with E-state index in [9.17, 15) is 4.39 Å². The van der Waals surface area contributed by atoms with Gasteiger partial charge in [0.2, 0.25) is 0 Å². The molecule has 0 saturated heterocycles. The first-order valence-electron chi connectivity index (χ1n) is 6.51. The molecule has 0 atom stereocenters. The van der Waals surface area contributed by atoms with Crippen molar-refractivity contribution in [2.24, 2.45) is 5.92 Å². The summed E-state index contributed by atoms with van der Waals surface area (Å²) in [5, 5.41) is 0. The van der Waals surface area contributed by atoms with Gasteiger partial charge in [0.05, 0.1) is 11.6 Å². The summed E-state index contributed by atoms with van der Waals surface area (Å²) in [6, 6.07) is 5.01. The van der Waals surface area contributed by atoms with Crippen molar-refractivity contribution in [3.8, 4) is 0 Å². The number of nitrogens with one attached hydrogen (secondary N) is 1. The summed E-state index contributed by atoms with van der Waals surface area (Å²) in [4.78, 5) is 7.52. The first kappa shape index (κ1) is 11.7. The van der Waals surface area contributed by atoms with Gasteiger partial charge in [-0.15, -0.1) is 0 Å². The fourth-order valence-corrected chi connectivity index (χ4v) is 2.63. The van der Waals surface area contributed by atoms with E-state index >= 15 is 0 Å². The van der Waals surface area contributed by atoms with Crippen LogP contribution in [0.4, 0.5) is 4.39 Å². The monoisotopic (exact) mass is 248 g/mol. The van der Waals surface area contributed by atoms with Gasteiger partial charge in [-0.2, -0.15) is 0 Å². The van der Waals surface area contributed by atoms with E-state index in [4.69, 9.17) is 4.74 Å². The van der Waals surface area contributed by atoms with Crippen molar-refractivity contribution in [3.63, 3.8) is 0 Å². The van der Waals surface area contributed by atoms with Gasteiger partial charge < -0.3 is 9.72 Å². The van der Waals surface area contributed by atoms with Crippen molar-refractivity contribution in [2.45, 2.75) is 32.3 Å². The fourth-order valence-electron chi connectivity index (χ4n) is 2.63. The lowest BCUT2D eigenvalue weighted by atomic mass is 9.80. The molecule has 3 nitrogen and oxygen atoms in total. The van der Waals surface area contributed by atoms with Crippen LogP contribution in [0, 0.1) is 11.7 Å². The van der Waals surface area contributed by atoms with E-state index in [1.807, 2.05) is 13.0 Å². The van der Waals surface area contributed by atoms with E-state index in [-0.39, 0.29) is 5.82 Å². The van der Waals surface area contributed by atoms with E-state index in [1.165, 1.54) is 6.07 Å². The lowest BCUT2D eigenvalue weighted by Gasteiger charge is -2.34. The van der Waals surface area contributed by atoms with Crippen molar-refractivity contribution in [2.75, 3.05) is 6.61 Å². The summed E-state index contributed by atoms with van der Waals surface area (Å²) in [6.07, 6.45) is 3.49. The maximum atomic E-state index is 13.5. The third-order valence-electron chi connectivity index (χ3n) is 3.59. The molecule has 18 heavy (non-hydrogen) atoms. The molecule has 1 aliphatic carbocycles. The zero-order valence-corrected chi connectivity index (χ0v) is 10.4. The van der Waals surface area contributed by atoms with Crippen LogP contribution in [0.25, 0.3) is 11.0 Å². The lowest BCUT2D eigenvalue weighted by Crippen LogP contribution is -2.32. The smallest absolute Gasteiger partial charge is 0.151 e. The number of hydrogen-bond acceptors (Lipinski definition) is 2. The topological polar surface area (TPSA) is 37.9 Å². The zero-order valence-electron chi connectivity index (χ0n) is 10.4. The number of ether oxygens (including phenoxy) is 1. The number of aromatic nitrogens is 2. The van der Waals surface area contributed by atoms with E-state index in [1.54, 1.807) is 6.07 Å². The highest BCUT2D eigenvalue weighted by molar-refractivity contribution is 5.75. The molecule has 1 fully saturated rings. The molecule has 1 aliphatic rings. The third-order valence-corrected chi connectivity index (χ3v) is 3.59. The van der Waals surface area contributed by atoms with Gasteiger partial charge in [-0.25, -0.2) is 9.37 Å². The van der Waals surface area contributed by atoms with E-state index in [0.717, 1.165) is 37.2 Å². The maximum Gasteiger partial charge on any atom is 0.151 e. The molecule has 1 saturated carbocycles. The molecule has 4 heteroatoms. The minimum atomic E-state index is -0.254. The number of benzene rings is 1. The van der Waals surface area contributed by atoms with Crippen molar-refractivity contribution < 1.29 is 9.13 Å². The van der Waals surface area contributed by atoms with Crippen LogP contribution in [0.3, 0.4) is 0 Å². The van der Waals surface area contributed by atoms with Crippen LogP contribution >= 0.6 is 0 Å². The van der Waals surface area contributed by atoms with Crippen LogP contribution in [-0.2, 0) is 11.2 Å². The fraction of sp³-hybridized carbons (Fsp3) is 0.500. The van der Waals surface area contributed by atoms with Gasteiger partial charge in [0.15, 0.2) is 5.82 Å². The first-order valence-corrected chi connectivity index (χ1v) is 6.51. The molecular formula is C14H17FN2O. The number of halogens is 1. The number of hydrogen-bond donors (Lipinski definition) is 1. The van der Waals surface area contributed by atoms with E-state index in [0.29, 0.717) is 17.5 Å². The number of nitrogens with zero attached hydrogens (tertiary/aromatic N) is 1. The Hall–Kier alpha value is -1.42. The average molecular weight is 248 g/mol. The Bertz CT molecular complexity index is 546. The first-order chi connectivity index (χ1) is 8.76. The Balaban J connectivity index is 1.67. The molecule has 1 aromatic carbocycles. The van der Waals surface area contributed by atoms with Crippen LogP contribution < -0.4 is 0 Å². The molecule has 0 unspecified atom stereocenters. The van der Waals surface area contributed by atoms with Crippen LogP contribution in [0.5, 0.6) is 0 Å². The van der Waals surface area contributed by atoms with Crippen LogP contribution in [0.15, 0.2) is 18.2 Å². The summed E-state index contributed by atoms with van der Waals surface area (Å²) in [5.74, 6) is 1.25. The molecule has 1 N–H and O–H groups in total. The number of imidazole rings is 1. The minimum absolute atomic E-state index is 0.254. The van der Waals surface area contributed by atoms with Gasteiger partial charge in [-0.3, -0.25) is 0 Å². The molecule has 0 spiro atoms. The Morgan fingerprint density at radius 2 is 2.28 bits per heavy atom. The van der Waals surface area contributed by atoms with E-state index < -0.39 is 0 Å². The second-order valence-corrected chi connectivity index (χ2v) is 4.94. The van der Waals surface area contributed by atoms with Crippen molar-refractivity contribution in [3.05, 3.63) is 29.8 Å². The summed E-state index contributed by atoms with van der Waals surface area (Å²) < 4.78 is 19.0. The predicted octanol–water partition coefficient (Wildman–Crippen LogP) is 3.06. The van der Waals surface area contributed by atoms with Gasteiger partial charge in [0.25, 0.3) is 0 Å². The maximum absolute atomic E-state index is 13.5. The summed E-state index contributed by atoms with van der Waals surface area (Å²) in [5.41, 5.74) is 1.24. The Labute approximate surface area is 105 Å². The molecule has 96 valence electrons. The number of aromatic amines is 1. The standard InChI is InChI=1S/C14H17FN2O/c1-2-18-10-6-9(7-10)8-13-16-12-5-3-4-11(15)14(12)17-13/h3-5,9-10H,2,6-8H2,1H3,(H,16,17). The largest absolute Gasteiger partial charge is 0.378 e. The SMILES string of the molecule is CCOC1CC(Cc2nc3c(F)cccc3[nH]2)C1. The number of fused-ring (bicyclic) bond motifs is 1. The highest BCUT2D eigenvalue weighted by atomic mass is 19.1. The molecule has 1 aromatic heterocycles. The molecule has 0 bridgehead atoms. The van der Waals surface area contributed by atoms with E-state index in [2.05, 4.69) is 9.97 Å². The Kier molecular flexibility index (Phi) is 3.04. The lowest BCUT2D eigenvalue weighted by molar-refractivity contribution is -0.0244. The Morgan fingerprint density at radius 3 is 3.00 bits per heavy atom. The number of rotatable bonds is 4. The highest BCUT2D eigenvalue weighted by Crippen LogP contribution is 2.32. The Morgan fingerprint density at radius 1 is 1.44 bits per heavy atom. The summed E-state index contributed by atoms with van der Waals surface area (Å²) in [6.45, 7) is 2.81. The second kappa shape index (κ2) is 4.69. The van der Waals surface area contributed by atoms with Crippen molar-refractivity contribution >= 4 is 11.0 Å². The third kappa shape index (κ3) is 2.12.